The molecule has 0 aliphatic carbocycles. The van der Waals surface area contributed by atoms with Crippen LogP contribution < -0.4 is 5.32 Å². The summed E-state index contributed by atoms with van der Waals surface area (Å²) in [5.74, 6) is -3.85. The van der Waals surface area contributed by atoms with Gasteiger partial charge >= 0.3 is 0 Å². The smallest absolute Gasteiger partial charge is 0.257 e. The van der Waals surface area contributed by atoms with E-state index in [1.54, 1.807) is 0 Å². The largest absolute Gasteiger partial charge is 0.358 e. The van der Waals surface area contributed by atoms with Gasteiger partial charge in [-0.15, -0.1) is 0 Å². The molecule has 1 aromatic heterocycles. The molecule has 0 fully saturated rings. The lowest BCUT2D eigenvalue weighted by Gasteiger charge is -2.16. The lowest BCUT2D eigenvalue weighted by molar-refractivity contribution is -0.121. The summed E-state index contributed by atoms with van der Waals surface area (Å²) in [5, 5.41) is 2.32. The van der Waals surface area contributed by atoms with Crippen molar-refractivity contribution in [3.8, 4) is 0 Å². The Morgan fingerprint density at radius 1 is 1.47 bits per heavy atom. The van der Waals surface area contributed by atoms with Gasteiger partial charge in [0.1, 0.15) is 0 Å². The van der Waals surface area contributed by atoms with Crippen LogP contribution in [0.2, 0.25) is 0 Å². The topological polar surface area (TPSA) is 62.3 Å². The molecule has 1 heterocycles. The number of carbonyl (C=O) groups excluding carboxylic acids is 2. The zero-order valence-corrected chi connectivity index (χ0v) is 9.33. The van der Waals surface area contributed by atoms with Crippen molar-refractivity contribution >= 4 is 11.8 Å². The van der Waals surface area contributed by atoms with E-state index in [1.165, 1.54) is 14.1 Å². The third-order valence-electron chi connectivity index (χ3n) is 2.08. The monoisotopic (exact) mass is 243 g/mol. The summed E-state index contributed by atoms with van der Waals surface area (Å²) >= 11 is 0. The highest BCUT2D eigenvalue weighted by Gasteiger charge is 2.20. The van der Waals surface area contributed by atoms with Gasteiger partial charge in [-0.1, -0.05) is 0 Å². The SMILES string of the molecule is CNC(=O)CN(C)C(=O)c1ccnc(F)c1F. The third kappa shape index (κ3) is 2.96. The van der Waals surface area contributed by atoms with Gasteiger partial charge in [0.05, 0.1) is 12.1 Å². The maximum absolute atomic E-state index is 13.2. The molecule has 92 valence electrons. The fourth-order valence-electron chi connectivity index (χ4n) is 1.16. The number of pyridine rings is 1. The number of nitrogens with one attached hydrogen (secondary N) is 1. The van der Waals surface area contributed by atoms with E-state index in [2.05, 4.69) is 10.3 Å². The molecule has 0 aliphatic heterocycles. The number of halogens is 2. The summed E-state index contributed by atoms with van der Waals surface area (Å²) in [4.78, 5) is 26.8. The van der Waals surface area contributed by atoms with Crippen LogP contribution in [0.25, 0.3) is 0 Å². The Labute approximate surface area is 96.4 Å². The van der Waals surface area contributed by atoms with Crippen molar-refractivity contribution in [3.63, 3.8) is 0 Å². The Kier molecular flexibility index (Phi) is 4.08. The van der Waals surface area contributed by atoms with Crippen LogP contribution >= 0.6 is 0 Å². The quantitative estimate of drug-likeness (QED) is 0.770. The molecule has 0 unspecified atom stereocenters. The Morgan fingerprint density at radius 2 is 2.12 bits per heavy atom. The second-order valence-corrected chi connectivity index (χ2v) is 3.30. The number of likely N-dealkylation sites (N-methyl/N-ethyl adjacent to an activating group) is 2. The van der Waals surface area contributed by atoms with Crippen LogP contribution in [0.4, 0.5) is 8.78 Å². The first-order chi connectivity index (χ1) is 7.97. The van der Waals surface area contributed by atoms with Crippen LogP contribution in [0.3, 0.4) is 0 Å². The molecule has 0 atom stereocenters. The minimum Gasteiger partial charge on any atom is -0.358 e. The Hall–Kier alpha value is -2.05. The maximum Gasteiger partial charge on any atom is 0.257 e. The number of hydrogen-bond acceptors (Lipinski definition) is 3. The van der Waals surface area contributed by atoms with E-state index in [9.17, 15) is 18.4 Å². The molecule has 1 N–H and O–H groups in total. The number of nitrogens with zero attached hydrogens (tertiary/aromatic N) is 2. The lowest BCUT2D eigenvalue weighted by Crippen LogP contribution is -2.37. The highest BCUT2D eigenvalue weighted by molar-refractivity contribution is 5.96. The van der Waals surface area contributed by atoms with E-state index in [0.29, 0.717) is 0 Å². The highest BCUT2D eigenvalue weighted by Crippen LogP contribution is 2.10. The maximum atomic E-state index is 13.2. The highest BCUT2D eigenvalue weighted by atomic mass is 19.2. The van der Waals surface area contributed by atoms with Gasteiger partial charge in [-0.2, -0.15) is 4.39 Å². The standard InChI is InChI=1S/C10H11F2N3O2/c1-13-7(16)5-15(2)10(17)6-3-4-14-9(12)8(6)11/h3-4H,5H2,1-2H3,(H,13,16). The molecule has 2 amide bonds. The average molecular weight is 243 g/mol. The molecule has 0 radical (unpaired) electrons. The van der Waals surface area contributed by atoms with Crippen LogP contribution in [-0.4, -0.2) is 42.3 Å². The van der Waals surface area contributed by atoms with Gasteiger partial charge < -0.3 is 10.2 Å². The predicted molar refractivity (Wildman–Crippen MR) is 55.2 cm³/mol. The zero-order chi connectivity index (χ0) is 13.0. The fourth-order valence-corrected chi connectivity index (χ4v) is 1.16. The Morgan fingerprint density at radius 3 is 2.71 bits per heavy atom. The molecule has 0 spiro atoms. The molecule has 0 aliphatic rings. The van der Waals surface area contributed by atoms with Crippen LogP contribution in [0, 0.1) is 11.8 Å². The normalized spacial score (nSPS) is 9.88. The van der Waals surface area contributed by atoms with Crippen molar-refractivity contribution in [3.05, 3.63) is 29.6 Å². The minimum absolute atomic E-state index is 0.237. The van der Waals surface area contributed by atoms with Crippen LogP contribution in [-0.2, 0) is 4.79 Å². The molecular weight excluding hydrogens is 232 g/mol. The van der Waals surface area contributed by atoms with Crippen molar-refractivity contribution < 1.29 is 18.4 Å². The summed E-state index contributed by atoms with van der Waals surface area (Å²) < 4.78 is 26.0. The van der Waals surface area contributed by atoms with Gasteiger partial charge in [0.2, 0.25) is 11.9 Å². The van der Waals surface area contributed by atoms with Gasteiger partial charge in [-0.25, -0.2) is 9.37 Å². The second kappa shape index (κ2) is 5.33. The first kappa shape index (κ1) is 13.0. The van der Waals surface area contributed by atoms with Gasteiger partial charge in [-0.3, -0.25) is 9.59 Å². The first-order valence-electron chi connectivity index (χ1n) is 4.73. The molecule has 1 rings (SSSR count). The summed E-state index contributed by atoms with van der Waals surface area (Å²) in [7, 11) is 2.72. The van der Waals surface area contributed by atoms with E-state index < -0.39 is 29.1 Å². The third-order valence-corrected chi connectivity index (χ3v) is 2.08. The Bertz CT molecular complexity index is 451. The van der Waals surface area contributed by atoms with Crippen molar-refractivity contribution in [1.29, 1.82) is 0 Å². The van der Waals surface area contributed by atoms with E-state index >= 15 is 0 Å². The van der Waals surface area contributed by atoms with Crippen molar-refractivity contribution in [2.45, 2.75) is 0 Å². The minimum atomic E-state index is -1.34. The summed E-state index contributed by atoms with van der Waals surface area (Å²) in [6, 6.07) is 1.06. The second-order valence-electron chi connectivity index (χ2n) is 3.30. The van der Waals surface area contributed by atoms with E-state index in [4.69, 9.17) is 0 Å². The number of aromatic nitrogens is 1. The van der Waals surface area contributed by atoms with Crippen LogP contribution in [0.15, 0.2) is 12.3 Å². The molecule has 7 heteroatoms. The molecule has 0 aromatic carbocycles. The molecule has 5 nitrogen and oxygen atoms in total. The van der Waals surface area contributed by atoms with Gasteiger partial charge in [0.25, 0.3) is 5.91 Å². The fraction of sp³-hybridized carbons (Fsp3) is 0.300. The Balaban J connectivity index is 2.89. The summed E-state index contributed by atoms with van der Waals surface area (Å²) in [5.41, 5.74) is -0.455. The molecule has 17 heavy (non-hydrogen) atoms. The molecule has 1 aromatic rings. The molecule has 0 saturated heterocycles. The van der Waals surface area contributed by atoms with Crippen LogP contribution in [0.5, 0.6) is 0 Å². The molecule has 0 bridgehead atoms. The number of amides is 2. The van der Waals surface area contributed by atoms with Crippen molar-refractivity contribution in [2.24, 2.45) is 0 Å². The molecular formula is C10H11F2N3O2. The zero-order valence-electron chi connectivity index (χ0n) is 9.33. The van der Waals surface area contributed by atoms with E-state index in [1.807, 2.05) is 0 Å². The van der Waals surface area contributed by atoms with Gasteiger partial charge in [-0.05, 0) is 6.07 Å². The number of hydrogen-bond donors (Lipinski definition) is 1. The number of carbonyl (C=O) groups is 2. The van der Waals surface area contributed by atoms with Crippen molar-refractivity contribution in [2.75, 3.05) is 20.6 Å². The summed E-state index contributed by atoms with van der Waals surface area (Å²) in [6.07, 6.45) is 0.985. The van der Waals surface area contributed by atoms with Gasteiger partial charge in [0, 0.05) is 20.3 Å². The first-order valence-corrected chi connectivity index (χ1v) is 4.73. The lowest BCUT2D eigenvalue weighted by atomic mass is 10.2. The summed E-state index contributed by atoms with van der Waals surface area (Å²) in [6.45, 7) is -0.237. The predicted octanol–water partition coefficient (Wildman–Crippen LogP) is 0.178. The molecule has 0 saturated carbocycles. The van der Waals surface area contributed by atoms with Crippen molar-refractivity contribution in [1.82, 2.24) is 15.2 Å². The average Bonchev–Trinajstić information content (AvgIpc) is 2.31. The number of rotatable bonds is 3. The van der Waals surface area contributed by atoms with E-state index in [0.717, 1.165) is 17.2 Å². The van der Waals surface area contributed by atoms with E-state index in [-0.39, 0.29) is 6.54 Å². The van der Waals surface area contributed by atoms with Gasteiger partial charge in [0.15, 0.2) is 5.82 Å². The van der Waals surface area contributed by atoms with Crippen LogP contribution in [0.1, 0.15) is 10.4 Å².